The van der Waals surface area contributed by atoms with Gasteiger partial charge in [-0.2, -0.15) is 0 Å². The number of hydrogen-bond donors (Lipinski definition) is 1. The Balaban J connectivity index is 1.89. The van der Waals surface area contributed by atoms with Crippen LogP contribution in [0.2, 0.25) is 0 Å². The number of Topliss-reactive ketones (excluding diaryl/α,β-unsaturated/α-hetero) is 1. The standard InChI is InChI=1S/C19H27NO/c1-4-18(21)19-16(11-15-9-10-17(19)20-15)14-7-5-13(6-8-14)12(2)3/h5-8,12,15-17,19-20H,4,9-11H2,1-3H3/t15?,16-,17?,19+/m1/s1. The molecule has 0 spiro atoms. The summed E-state index contributed by atoms with van der Waals surface area (Å²) in [6.45, 7) is 6.45. The minimum absolute atomic E-state index is 0.179. The van der Waals surface area contributed by atoms with Crippen molar-refractivity contribution in [3.63, 3.8) is 0 Å². The van der Waals surface area contributed by atoms with Crippen molar-refractivity contribution in [2.75, 3.05) is 0 Å². The molecule has 2 bridgehead atoms. The fourth-order valence-electron chi connectivity index (χ4n) is 4.21. The van der Waals surface area contributed by atoms with Crippen LogP contribution in [0.1, 0.15) is 69.4 Å². The summed E-state index contributed by atoms with van der Waals surface area (Å²) < 4.78 is 0. The molecule has 2 fully saturated rings. The predicted octanol–water partition coefficient (Wildman–Crippen LogP) is 4.01. The topological polar surface area (TPSA) is 29.1 Å². The van der Waals surface area contributed by atoms with Crippen LogP contribution in [-0.2, 0) is 4.79 Å². The van der Waals surface area contributed by atoms with Crippen molar-refractivity contribution in [2.45, 2.75) is 70.4 Å². The lowest BCUT2D eigenvalue weighted by Gasteiger charge is -2.37. The molecule has 2 saturated heterocycles. The Kier molecular flexibility index (Phi) is 4.17. The van der Waals surface area contributed by atoms with Gasteiger partial charge in [0.05, 0.1) is 0 Å². The zero-order chi connectivity index (χ0) is 15.0. The van der Waals surface area contributed by atoms with Gasteiger partial charge in [-0.1, -0.05) is 45.0 Å². The van der Waals surface area contributed by atoms with Crippen LogP contribution in [0.5, 0.6) is 0 Å². The van der Waals surface area contributed by atoms with Crippen molar-refractivity contribution in [1.29, 1.82) is 0 Å². The fraction of sp³-hybridized carbons (Fsp3) is 0.632. The first-order valence-electron chi connectivity index (χ1n) is 8.48. The predicted molar refractivity (Wildman–Crippen MR) is 86.6 cm³/mol. The van der Waals surface area contributed by atoms with Gasteiger partial charge in [0.15, 0.2) is 0 Å². The monoisotopic (exact) mass is 285 g/mol. The van der Waals surface area contributed by atoms with Crippen molar-refractivity contribution in [2.24, 2.45) is 5.92 Å². The summed E-state index contributed by atoms with van der Waals surface area (Å²) in [5.74, 6) is 1.60. The minimum Gasteiger partial charge on any atom is -0.310 e. The molecule has 1 N–H and O–H groups in total. The highest BCUT2D eigenvalue weighted by atomic mass is 16.1. The molecule has 4 atom stereocenters. The molecular formula is C19H27NO. The smallest absolute Gasteiger partial charge is 0.137 e. The van der Waals surface area contributed by atoms with Crippen LogP contribution in [0.4, 0.5) is 0 Å². The highest BCUT2D eigenvalue weighted by molar-refractivity contribution is 5.82. The van der Waals surface area contributed by atoms with E-state index in [0.717, 1.165) is 6.42 Å². The number of hydrogen-bond acceptors (Lipinski definition) is 2. The van der Waals surface area contributed by atoms with Crippen molar-refractivity contribution in [3.05, 3.63) is 35.4 Å². The average Bonchev–Trinajstić information content (AvgIpc) is 2.88. The molecule has 2 aliphatic heterocycles. The van der Waals surface area contributed by atoms with E-state index in [1.54, 1.807) is 0 Å². The summed E-state index contributed by atoms with van der Waals surface area (Å²) in [4.78, 5) is 12.5. The third-order valence-electron chi connectivity index (χ3n) is 5.43. The van der Waals surface area contributed by atoms with Gasteiger partial charge in [0.2, 0.25) is 0 Å². The van der Waals surface area contributed by atoms with Crippen molar-refractivity contribution in [3.8, 4) is 0 Å². The molecule has 2 heteroatoms. The van der Waals surface area contributed by atoms with Gasteiger partial charge < -0.3 is 5.32 Å². The van der Waals surface area contributed by atoms with Crippen LogP contribution in [-0.4, -0.2) is 17.9 Å². The Bertz CT molecular complexity index is 505. The van der Waals surface area contributed by atoms with Crippen LogP contribution in [0.3, 0.4) is 0 Å². The van der Waals surface area contributed by atoms with Gasteiger partial charge in [-0.05, 0) is 42.2 Å². The van der Waals surface area contributed by atoms with Crippen molar-refractivity contribution < 1.29 is 4.79 Å². The van der Waals surface area contributed by atoms with Crippen LogP contribution >= 0.6 is 0 Å². The summed E-state index contributed by atoms with van der Waals surface area (Å²) in [6, 6.07) is 10.0. The SMILES string of the molecule is CCC(=O)[C@@H]1C2CCC(C[C@@H]1c1ccc(C(C)C)cc1)N2. The second-order valence-electron chi connectivity index (χ2n) is 7.06. The number of rotatable bonds is 4. The van der Waals surface area contributed by atoms with E-state index < -0.39 is 0 Å². The molecule has 21 heavy (non-hydrogen) atoms. The molecule has 0 amide bonds. The van der Waals surface area contributed by atoms with Gasteiger partial charge >= 0.3 is 0 Å². The van der Waals surface area contributed by atoms with Gasteiger partial charge in [0.1, 0.15) is 5.78 Å². The number of carbonyl (C=O) groups is 1. The summed E-state index contributed by atoms with van der Waals surface area (Å²) in [6.07, 6.45) is 4.18. The Hall–Kier alpha value is -1.15. The van der Waals surface area contributed by atoms with E-state index in [0.29, 0.717) is 36.1 Å². The number of ketones is 1. The molecule has 2 nitrogen and oxygen atoms in total. The van der Waals surface area contributed by atoms with Gasteiger partial charge in [0.25, 0.3) is 0 Å². The summed E-state index contributed by atoms with van der Waals surface area (Å²) in [7, 11) is 0. The van der Waals surface area contributed by atoms with Gasteiger partial charge in [-0.3, -0.25) is 4.79 Å². The Morgan fingerprint density at radius 3 is 2.57 bits per heavy atom. The molecule has 1 aromatic carbocycles. The van der Waals surface area contributed by atoms with Crippen LogP contribution in [0.15, 0.2) is 24.3 Å². The first kappa shape index (κ1) is 14.8. The van der Waals surface area contributed by atoms with Crippen molar-refractivity contribution in [1.82, 2.24) is 5.32 Å². The van der Waals surface area contributed by atoms with E-state index in [2.05, 4.69) is 43.4 Å². The number of nitrogens with one attached hydrogen (secondary N) is 1. The van der Waals surface area contributed by atoms with Crippen LogP contribution in [0.25, 0.3) is 0 Å². The Morgan fingerprint density at radius 2 is 1.95 bits per heavy atom. The summed E-state index contributed by atoms with van der Waals surface area (Å²) in [5, 5.41) is 3.66. The molecule has 1 aromatic rings. The van der Waals surface area contributed by atoms with Gasteiger partial charge in [-0.15, -0.1) is 0 Å². The quantitative estimate of drug-likeness (QED) is 0.905. The lowest BCUT2D eigenvalue weighted by atomic mass is 9.74. The van der Waals surface area contributed by atoms with E-state index >= 15 is 0 Å². The van der Waals surface area contributed by atoms with E-state index in [1.165, 1.54) is 24.0 Å². The lowest BCUT2D eigenvalue weighted by Crippen LogP contribution is -2.47. The first-order valence-corrected chi connectivity index (χ1v) is 8.48. The van der Waals surface area contributed by atoms with E-state index in [9.17, 15) is 4.79 Å². The number of piperidine rings is 1. The molecule has 0 aromatic heterocycles. The molecule has 2 heterocycles. The maximum Gasteiger partial charge on any atom is 0.137 e. The first-order chi connectivity index (χ1) is 10.1. The average molecular weight is 285 g/mol. The lowest BCUT2D eigenvalue weighted by molar-refractivity contribution is -0.124. The molecule has 2 unspecified atom stereocenters. The highest BCUT2D eigenvalue weighted by Crippen LogP contribution is 2.42. The molecule has 114 valence electrons. The fourth-order valence-corrected chi connectivity index (χ4v) is 4.21. The van der Waals surface area contributed by atoms with Gasteiger partial charge in [0, 0.05) is 24.4 Å². The second-order valence-corrected chi connectivity index (χ2v) is 7.06. The molecule has 0 radical (unpaired) electrons. The minimum atomic E-state index is 0.179. The molecule has 0 aliphatic carbocycles. The summed E-state index contributed by atoms with van der Waals surface area (Å²) in [5.41, 5.74) is 2.75. The highest BCUT2D eigenvalue weighted by Gasteiger charge is 2.44. The Labute approximate surface area is 128 Å². The van der Waals surface area contributed by atoms with E-state index in [1.807, 2.05) is 6.92 Å². The number of fused-ring (bicyclic) bond motifs is 2. The third kappa shape index (κ3) is 2.78. The summed E-state index contributed by atoms with van der Waals surface area (Å²) >= 11 is 0. The van der Waals surface area contributed by atoms with Crippen LogP contribution < -0.4 is 5.32 Å². The van der Waals surface area contributed by atoms with E-state index in [-0.39, 0.29) is 5.92 Å². The molecule has 0 saturated carbocycles. The Morgan fingerprint density at radius 1 is 1.24 bits per heavy atom. The normalized spacial score (nSPS) is 31.6. The number of benzene rings is 1. The largest absolute Gasteiger partial charge is 0.310 e. The molecule has 3 rings (SSSR count). The zero-order valence-corrected chi connectivity index (χ0v) is 13.4. The molecule has 2 aliphatic rings. The zero-order valence-electron chi connectivity index (χ0n) is 13.4. The number of carbonyl (C=O) groups excluding carboxylic acids is 1. The van der Waals surface area contributed by atoms with Gasteiger partial charge in [-0.25, -0.2) is 0 Å². The second kappa shape index (κ2) is 5.92. The van der Waals surface area contributed by atoms with Crippen LogP contribution in [0, 0.1) is 5.92 Å². The van der Waals surface area contributed by atoms with Crippen molar-refractivity contribution >= 4 is 5.78 Å². The molecular weight excluding hydrogens is 258 g/mol. The third-order valence-corrected chi connectivity index (χ3v) is 5.43. The van der Waals surface area contributed by atoms with E-state index in [4.69, 9.17) is 0 Å². The maximum absolute atomic E-state index is 12.5. The maximum atomic E-state index is 12.5.